The molecule has 5 heteroatoms. The molecule has 1 aliphatic rings. The van der Waals surface area contributed by atoms with Crippen LogP contribution in [0.15, 0.2) is 0 Å². The molecule has 1 amide bonds. The molecule has 1 rings (SSSR count). The molecule has 0 aliphatic carbocycles. The molecule has 0 bridgehead atoms. The highest BCUT2D eigenvalue weighted by molar-refractivity contribution is 5.78. The summed E-state index contributed by atoms with van der Waals surface area (Å²) in [6, 6.07) is 2.02. The first kappa shape index (κ1) is 16.9. The van der Waals surface area contributed by atoms with Gasteiger partial charge >= 0.3 is 0 Å². The molecule has 2 N–H and O–H groups in total. The van der Waals surface area contributed by atoms with E-state index in [2.05, 4.69) is 36.3 Å². The van der Waals surface area contributed by atoms with E-state index < -0.39 is 0 Å². The van der Waals surface area contributed by atoms with E-state index in [1.165, 1.54) is 0 Å². The quantitative estimate of drug-likeness (QED) is 0.715. The van der Waals surface area contributed by atoms with E-state index in [1.807, 2.05) is 6.07 Å². The van der Waals surface area contributed by atoms with Gasteiger partial charge in [0.2, 0.25) is 5.91 Å². The standard InChI is InChI=1S/C15H28N4O/c1-15(2,3)18-11-13-5-9-19(10-6-13)12-14(20)17-8-4-7-16/h13,18H,4-6,8-12H2,1-3H3,(H,17,20). The van der Waals surface area contributed by atoms with Crippen molar-refractivity contribution in [1.82, 2.24) is 15.5 Å². The minimum atomic E-state index is 0.0338. The fourth-order valence-corrected chi connectivity index (χ4v) is 2.32. The third-order valence-electron chi connectivity index (χ3n) is 3.55. The van der Waals surface area contributed by atoms with Gasteiger partial charge in [0.05, 0.1) is 19.0 Å². The SMILES string of the molecule is CC(C)(C)NCC1CCN(CC(=O)NCCC#N)CC1. The van der Waals surface area contributed by atoms with Gasteiger partial charge in [-0.05, 0) is 59.2 Å². The molecule has 0 aromatic rings. The van der Waals surface area contributed by atoms with Crippen LogP contribution >= 0.6 is 0 Å². The molecule has 114 valence electrons. The lowest BCUT2D eigenvalue weighted by Crippen LogP contribution is -2.45. The van der Waals surface area contributed by atoms with Crippen LogP contribution in [0, 0.1) is 17.2 Å². The molecular formula is C15H28N4O. The van der Waals surface area contributed by atoms with Crippen LogP contribution in [0.3, 0.4) is 0 Å². The number of hydrogen-bond donors (Lipinski definition) is 2. The summed E-state index contributed by atoms with van der Waals surface area (Å²) >= 11 is 0. The molecule has 20 heavy (non-hydrogen) atoms. The fraction of sp³-hybridized carbons (Fsp3) is 0.867. The Morgan fingerprint density at radius 1 is 1.35 bits per heavy atom. The van der Waals surface area contributed by atoms with Crippen LogP contribution in [0.25, 0.3) is 0 Å². The van der Waals surface area contributed by atoms with Crippen LogP contribution < -0.4 is 10.6 Å². The third kappa shape index (κ3) is 7.46. The number of nitrogens with one attached hydrogen (secondary N) is 2. The molecule has 0 aromatic heterocycles. The summed E-state index contributed by atoms with van der Waals surface area (Å²) in [5.41, 5.74) is 0.178. The van der Waals surface area contributed by atoms with Crippen LogP contribution in [0.4, 0.5) is 0 Å². The predicted molar refractivity (Wildman–Crippen MR) is 80.2 cm³/mol. The molecule has 0 atom stereocenters. The number of carbonyl (C=O) groups excluding carboxylic acids is 1. The first-order chi connectivity index (χ1) is 9.40. The predicted octanol–water partition coefficient (Wildman–Crippen LogP) is 1.12. The number of rotatable bonds is 6. The second-order valence-electron chi connectivity index (χ2n) is 6.61. The zero-order valence-corrected chi connectivity index (χ0v) is 13.0. The Balaban J connectivity index is 2.16. The maximum Gasteiger partial charge on any atom is 0.234 e. The lowest BCUT2D eigenvalue weighted by Gasteiger charge is -2.33. The molecule has 1 saturated heterocycles. The number of carbonyl (C=O) groups is 1. The van der Waals surface area contributed by atoms with E-state index in [4.69, 9.17) is 5.26 Å². The van der Waals surface area contributed by atoms with Gasteiger partial charge in [0, 0.05) is 12.1 Å². The molecular weight excluding hydrogens is 252 g/mol. The lowest BCUT2D eigenvalue weighted by molar-refractivity contribution is -0.122. The van der Waals surface area contributed by atoms with Gasteiger partial charge in [0.15, 0.2) is 0 Å². The molecule has 1 fully saturated rings. The topological polar surface area (TPSA) is 68.2 Å². The summed E-state index contributed by atoms with van der Waals surface area (Å²) in [7, 11) is 0. The minimum absolute atomic E-state index is 0.0338. The van der Waals surface area contributed by atoms with E-state index in [9.17, 15) is 4.79 Å². The molecule has 1 aliphatic heterocycles. The lowest BCUT2D eigenvalue weighted by atomic mass is 9.95. The number of amides is 1. The minimum Gasteiger partial charge on any atom is -0.354 e. The number of nitriles is 1. The van der Waals surface area contributed by atoms with Crippen molar-refractivity contribution >= 4 is 5.91 Å². The van der Waals surface area contributed by atoms with E-state index in [0.29, 0.717) is 25.4 Å². The Bertz CT molecular complexity index is 335. The van der Waals surface area contributed by atoms with E-state index in [-0.39, 0.29) is 11.4 Å². The van der Waals surface area contributed by atoms with Crippen LogP contribution in [0.2, 0.25) is 0 Å². The Morgan fingerprint density at radius 3 is 2.55 bits per heavy atom. The van der Waals surface area contributed by atoms with E-state index in [0.717, 1.165) is 32.5 Å². The molecule has 0 saturated carbocycles. The Morgan fingerprint density at radius 2 is 2.00 bits per heavy atom. The fourth-order valence-electron chi connectivity index (χ4n) is 2.32. The Kier molecular flexibility index (Phi) is 6.97. The van der Waals surface area contributed by atoms with Gasteiger partial charge in [-0.25, -0.2) is 0 Å². The van der Waals surface area contributed by atoms with Crippen LogP contribution in [0.5, 0.6) is 0 Å². The van der Waals surface area contributed by atoms with Crippen LogP contribution in [0.1, 0.15) is 40.0 Å². The van der Waals surface area contributed by atoms with Crippen LogP contribution in [-0.4, -0.2) is 49.1 Å². The Labute approximate surface area is 122 Å². The van der Waals surface area contributed by atoms with Crippen LogP contribution in [-0.2, 0) is 4.79 Å². The molecule has 0 unspecified atom stereocenters. The highest BCUT2D eigenvalue weighted by Crippen LogP contribution is 2.17. The monoisotopic (exact) mass is 280 g/mol. The van der Waals surface area contributed by atoms with Crippen molar-refractivity contribution < 1.29 is 4.79 Å². The number of piperidine rings is 1. The highest BCUT2D eigenvalue weighted by Gasteiger charge is 2.21. The molecule has 0 spiro atoms. The second-order valence-corrected chi connectivity index (χ2v) is 6.61. The maximum absolute atomic E-state index is 11.7. The zero-order valence-electron chi connectivity index (χ0n) is 13.0. The first-order valence-corrected chi connectivity index (χ1v) is 7.52. The van der Waals surface area contributed by atoms with Crippen molar-refractivity contribution in [1.29, 1.82) is 5.26 Å². The van der Waals surface area contributed by atoms with Gasteiger partial charge in [-0.3, -0.25) is 9.69 Å². The molecule has 1 heterocycles. The summed E-state index contributed by atoms with van der Waals surface area (Å²) in [5, 5.41) is 14.7. The molecule has 0 aromatic carbocycles. The summed E-state index contributed by atoms with van der Waals surface area (Å²) in [4.78, 5) is 13.9. The number of nitrogens with zero attached hydrogens (tertiary/aromatic N) is 2. The summed E-state index contributed by atoms with van der Waals surface area (Å²) in [6.45, 7) is 10.5. The largest absolute Gasteiger partial charge is 0.354 e. The maximum atomic E-state index is 11.7. The van der Waals surface area contributed by atoms with Crippen molar-refractivity contribution in [3.05, 3.63) is 0 Å². The average Bonchev–Trinajstić information content (AvgIpc) is 2.37. The second kappa shape index (κ2) is 8.23. The summed E-state index contributed by atoms with van der Waals surface area (Å²) in [6.07, 6.45) is 2.68. The van der Waals surface area contributed by atoms with Crippen molar-refractivity contribution in [2.45, 2.75) is 45.6 Å². The smallest absolute Gasteiger partial charge is 0.234 e. The van der Waals surface area contributed by atoms with Gasteiger partial charge in [-0.2, -0.15) is 5.26 Å². The highest BCUT2D eigenvalue weighted by atomic mass is 16.2. The average molecular weight is 280 g/mol. The van der Waals surface area contributed by atoms with Gasteiger partial charge in [-0.1, -0.05) is 0 Å². The number of hydrogen-bond acceptors (Lipinski definition) is 4. The van der Waals surface area contributed by atoms with Gasteiger partial charge in [0.1, 0.15) is 0 Å². The zero-order chi connectivity index (χ0) is 15.0. The molecule has 0 radical (unpaired) electrons. The first-order valence-electron chi connectivity index (χ1n) is 7.52. The van der Waals surface area contributed by atoms with Crippen molar-refractivity contribution in [2.75, 3.05) is 32.7 Å². The van der Waals surface area contributed by atoms with Crippen molar-refractivity contribution in [3.63, 3.8) is 0 Å². The van der Waals surface area contributed by atoms with E-state index in [1.54, 1.807) is 0 Å². The van der Waals surface area contributed by atoms with Crippen molar-refractivity contribution in [3.8, 4) is 6.07 Å². The summed E-state index contributed by atoms with van der Waals surface area (Å²) < 4.78 is 0. The van der Waals surface area contributed by atoms with Gasteiger partial charge in [0.25, 0.3) is 0 Å². The number of likely N-dealkylation sites (tertiary alicyclic amines) is 1. The Hall–Kier alpha value is -1.12. The third-order valence-corrected chi connectivity index (χ3v) is 3.55. The normalized spacial score (nSPS) is 17.7. The van der Waals surface area contributed by atoms with Crippen molar-refractivity contribution in [2.24, 2.45) is 5.92 Å². The van der Waals surface area contributed by atoms with Gasteiger partial charge in [-0.15, -0.1) is 0 Å². The summed E-state index contributed by atoms with van der Waals surface area (Å²) in [5.74, 6) is 0.749. The van der Waals surface area contributed by atoms with E-state index >= 15 is 0 Å². The molecule has 5 nitrogen and oxygen atoms in total. The van der Waals surface area contributed by atoms with Gasteiger partial charge < -0.3 is 10.6 Å².